The number of hydrogen-bond donors (Lipinski definition) is 6. The minimum atomic E-state index is -0.361. The van der Waals surface area contributed by atoms with Gasteiger partial charge in [-0.2, -0.15) is 0 Å². The zero-order valence-corrected chi connectivity index (χ0v) is 22.2. The monoisotopic (exact) mass is 516 g/mol. The molecule has 9 N–H and O–H groups in total. The first-order valence-electron chi connectivity index (χ1n) is 10.1. The molecular weight excluding hydrogens is 468 g/mol. The Balaban J connectivity index is -0.0000000756. The molecule has 0 heterocycles. The number of nitrogens with two attached hydrogens (primary N) is 3. The summed E-state index contributed by atoms with van der Waals surface area (Å²) >= 11 is 4.64. The summed E-state index contributed by atoms with van der Waals surface area (Å²) < 4.78 is 4.11. The van der Waals surface area contributed by atoms with Gasteiger partial charge < -0.3 is 37.9 Å². The fourth-order valence-corrected chi connectivity index (χ4v) is 1.000. The number of amides is 3. The topological polar surface area (TPSA) is 209 Å². The summed E-state index contributed by atoms with van der Waals surface area (Å²) in [6, 6.07) is 0.213. The van der Waals surface area contributed by atoms with E-state index in [4.69, 9.17) is 17.2 Å². The first kappa shape index (κ1) is 45.3. The van der Waals surface area contributed by atoms with Gasteiger partial charge in [-0.05, 0) is 32.4 Å². The van der Waals surface area contributed by atoms with Gasteiger partial charge in [0.2, 0.25) is 23.0 Å². The molecular formula is C21H49ClN6O6. The highest BCUT2D eigenvalue weighted by molar-refractivity contribution is 6.62. The Morgan fingerprint density at radius 1 is 0.794 bits per heavy atom. The summed E-state index contributed by atoms with van der Waals surface area (Å²) in [4.78, 5) is 49.9. The highest BCUT2D eigenvalue weighted by Gasteiger charge is 2.02. The number of ether oxygens (including phenoxy) is 1. The Morgan fingerprint density at radius 2 is 1.09 bits per heavy atom. The molecule has 0 aromatic heterocycles. The first-order chi connectivity index (χ1) is 14.9. The SMILES string of the molecule is C.CC(=O)Cl.CC(=O)NCC(C)N.CC(=O)NCC(C)NC(C)=O.CC(N)CN.COC(C)=O. The molecule has 13 heteroatoms. The summed E-state index contributed by atoms with van der Waals surface area (Å²) in [5.74, 6) is -0.433. The average Bonchev–Trinajstić information content (AvgIpc) is 2.65. The second kappa shape index (κ2) is 32.9. The zero-order valence-electron chi connectivity index (χ0n) is 21.4. The molecule has 0 spiro atoms. The van der Waals surface area contributed by atoms with Gasteiger partial charge in [0.15, 0.2) is 0 Å². The zero-order chi connectivity index (χ0) is 27.6. The minimum Gasteiger partial charge on any atom is -0.469 e. The fraction of sp³-hybridized carbons (Fsp3) is 0.762. The number of methoxy groups -OCH3 is 1. The van der Waals surface area contributed by atoms with E-state index in [1.807, 2.05) is 20.8 Å². The van der Waals surface area contributed by atoms with Crippen LogP contribution < -0.4 is 33.2 Å². The number of carbonyl (C=O) groups excluding carboxylic acids is 5. The Labute approximate surface area is 210 Å². The van der Waals surface area contributed by atoms with Gasteiger partial charge in [-0.1, -0.05) is 7.43 Å². The highest BCUT2D eigenvalue weighted by Crippen LogP contribution is 1.77. The van der Waals surface area contributed by atoms with E-state index in [-0.39, 0.29) is 54.5 Å². The Bertz CT molecular complexity index is 530. The predicted molar refractivity (Wildman–Crippen MR) is 138 cm³/mol. The summed E-state index contributed by atoms with van der Waals surface area (Å²) in [7, 11) is 1.35. The third-order valence-corrected chi connectivity index (χ3v) is 2.44. The lowest BCUT2D eigenvalue weighted by atomic mass is 10.3. The second-order valence-corrected chi connectivity index (χ2v) is 7.36. The lowest BCUT2D eigenvalue weighted by molar-refractivity contribution is -0.138. The molecule has 0 fully saturated rings. The molecule has 0 rings (SSSR count). The predicted octanol–water partition coefficient (Wildman–Crippen LogP) is -0.00380. The third kappa shape index (κ3) is 99.2. The standard InChI is InChI=1S/C7H14N2O2.C5H12N2O.C3H10N2.C3H6O2.C2H3ClO.CH4/c1-5(9-7(3)11)4-8-6(2)10;1-4(6)3-7-5(2)8;1-3(5)2-4;1-3(4)5-2;1-2(3)4;/h5H,4H2,1-3H3,(H,8,10)(H,9,11);4H,3,6H2,1-2H3,(H,7,8);3H,2,4-5H2,1H3;1-2H3;1H3;1H4. The Morgan fingerprint density at radius 3 is 1.24 bits per heavy atom. The van der Waals surface area contributed by atoms with Crippen LogP contribution in [0.3, 0.4) is 0 Å². The maximum atomic E-state index is 10.5. The van der Waals surface area contributed by atoms with Crippen molar-refractivity contribution in [1.82, 2.24) is 16.0 Å². The summed E-state index contributed by atoms with van der Waals surface area (Å²) in [6.45, 7) is 14.2. The molecule has 0 aliphatic rings. The van der Waals surface area contributed by atoms with Gasteiger partial charge in [0.25, 0.3) is 0 Å². The molecule has 0 saturated heterocycles. The average molecular weight is 517 g/mol. The summed E-state index contributed by atoms with van der Waals surface area (Å²) in [5.41, 5.74) is 15.5. The molecule has 0 radical (unpaired) electrons. The molecule has 0 bridgehead atoms. The molecule has 34 heavy (non-hydrogen) atoms. The van der Waals surface area contributed by atoms with Crippen LogP contribution >= 0.6 is 11.6 Å². The first-order valence-corrected chi connectivity index (χ1v) is 10.5. The summed E-state index contributed by atoms with van der Waals surface area (Å²) in [5, 5.41) is 7.46. The van der Waals surface area contributed by atoms with Gasteiger partial charge in [-0.3, -0.25) is 24.0 Å². The van der Waals surface area contributed by atoms with E-state index >= 15 is 0 Å². The quantitative estimate of drug-likeness (QED) is 0.207. The number of halogens is 1. The molecule has 3 atom stereocenters. The third-order valence-electron chi connectivity index (χ3n) is 2.44. The smallest absolute Gasteiger partial charge is 0.302 e. The van der Waals surface area contributed by atoms with E-state index in [9.17, 15) is 24.0 Å². The van der Waals surface area contributed by atoms with E-state index in [1.54, 1.807) is 0 Å². The van der Waals surface area contributed by atoms with Crippen molar-refractivity contribution in [3.63, 3.8) is 0 Å². The van der Waals surface area contributed by atoms with Crippen molar-refractivity contribution >= 4 is 40.5 Å². The number of carbonyl (C=O) groups is 5. The van der Waals surface area contributed by atoms with Crippen LogP contribution in [-0.4, -0.2) is 73.8 Å². The second-order valence-electron chi connectivity index (χ2n) is 6.83. The molecule has 206 valence electrons. The van der Waals surface area contributed by atoms with Crippen LogP contribution in [0.25, 0.3) is 0 Å². The van der Waals surface area contributed by atoms with Crippen molar-refractivity contribution in [2.24, 2.45) is 17.2 Å². The molecule has 0 aromatic carbocycles. The molecule has 0 aliphatic heterocycles. The van der Waals surface area contributed by atoms with Crippen LogP contribution in [0.2, 0.25) is 0 Å². The number of hydrogen-bond acceptors (Lipinski definition) is 9. The van der Waals surface area contributed by atoms with E-state index in [0.717, 1.165) is 0 Å². The molecule has 3 unspecified atom stereocenters. The van der Waals surface area contributed by atoms with Crippen LogP contribution in [0.5, 0.6) is 0 Å². The van der Waals surface area contributed by atoms with Crippen LogP contribution in [0, 0.1) is 0 Å². The van der Waals surface area contributed by atoms with Crippen molar-refractivity contribution < 1.29 is 28.7 Å². The van der Waals surface area contributed by atoms with Crippen LogP contribution in [0.15, 0.2) is 0 Å². The normalized spacial score (nSPS) is 10.9. The van der Waals surface area contributed by atoms with Crippen LogP contribution in [-0.2, 0) is 28.7 Å². The van der Waals surface area contributed by atoms with Crippen molar-refractivity contribution in [3.8, 4) is 0 Å². The number of nitrogens with one attached hydrogen (secondary N) is 3. The highest BCUT2D eigenvalue weighted by atomic mass is 35.5. The molecule has 0 saturated carbocycles. The Hall–Kier alpha value is -2.28. The van der Waals surface area contributed by atoms with Gasteiger partial charge in [-0.15, -0.1) is 0 Å². The Kier molecular flexibility index (Phi) is 43.8. The van der Waals surface area contributed by atoms with E-state index in [1.165, 1.54) is 41.7 Å². The van der Waals surface area contributed by atoms with E-state index < -0.39 is 0 Å². The molecule has 0 aliphatic carbocycles. The fourth-order valence-electron chi connectivity index (χ4n) is 1.000. The summed E-state index contributed by atoms with van der Waals surface area (Å²) in [6.07, 6.45) is 0. The lowest BCUT2D eigenvalue weighted by Crippen LogP contribution is -2.40. The van der Waals surface area contributed by atoms with Gasteiger partial charge in [0, 0.05) is 72.4 Å². The van der Waals surface area contributed by atoms with Gasteiger partial charge in [0.1, 0.15) is 0 Å². The maximum Gasteiger partial charge on any atom is 0.302 e. The van der Waals surface area contributed by atoms with Crippen LogP contribution in [0.1, 0.15) is 62.8 Å². The molecule has 0 aromatic rings. The van der Waals surface area contributed by atoms with Crippen LogP contribution in [0.4, 0.5) is 0 Å². The van der Waals surface area contributed by atoms with Crippen molar-refractivity contribution in [3.05, 3.63) is 0 Å². The number of esters is 1. The van der Waals surface area contributed by atoms with Crippen molar-refractivity contribution in [2.75, 3.05) is 26.7 Å². The van der Waals surface area contributed by atoms with Gasteiger partial charge in [0.05, 0.1) is 7.11 Å². The van der Waals surface area contributed by atoms with Crippen molar-refractivity contribution in [1.29, 1.82) is 0 Å². The maximum absolute atomic E-state index is 10.5. The molecule has 12 nitrogen and oxygen atoms in total. The van der Waals surface area contributed by atoms with E-state index in [2.05, 4.69) is 32.3 Å². The van der Waals surface area contributed by atoms with Gasteiger partial charge >= 0.3 is 5.97 Å². The largest absolute Gasteiger partial charge is 0.469 e. The van der Waals surface area contributed by atoms with E-state index in [0.29, 0.717) is 19.6 Å². The lowest BCUT2D eigenvalue weighted by Gasteiger charge is -2.11. The van der Waals surface area contributed by atoms with Crippen molar-refractivity contribution in [2.45, 2.75) is 80.9 Å². The minimum absolute atomic E-state index is 0. The van der Waals surface area contributed by atoms with Gasteiger partial charge in [-0.25, -0.2) is 0 Å². The molecule has 3 amide bonds. The number of rotatable bonds is 6.